The number of ether oxygens (including phenoxy) is 1. The highest BCUT2D eigenvalue weighted by molar-refractivity contribution is 5.75. The second-order valence-corrected chi connectivity index (χ2v) is 5.05. The van der Waals surface area contributed by atoms with Gasteiger partial charge in [-0.2, -0.15) is 4.68 Å². The van der Waals surface area contributed by atoms with Crippen molar-refractivity contribution >= 4 is 17.1 Å². The number of hydrogen-bond acceptors (Lipinski definition) is 6. The molecule has 3 aromatic rings. The molecule has 0 saturated heterocycles. The molecule has 2 heterocycles. The average Bonchev–Trinajstić information content (AvgIpc) is 3.02. The minimum absolute atomic E-state index is 0.0178. The number of benzene rings is 1. The summed E-state index contributed by atoms with van der Waals surface area (Å²) in [5.74, 6) is -0.922. The lowest BCUT2D eigenvalue weighted by Crippen LogP contribution is -2.30. The minimum atomic E-state index is -0.782. The molecule has 2 aromatic heterocycles. The van der Waals surface area contributed by atoms with Gasteiger partial charge in [0, 0.05) is 0 Å². The van der Waals surface area contributed by atoms with Gasteiger partial charge in [0.05, 0.1) is 12.8 Å². The van der Waals surface area contributed by atoms with E-state index >= 15 is 0 Å². The van der Waals surface area contributed by atoms with Crippen LogP contribution in [0.15, 0.2) is 35.4 Å². The molecule has 0 unspecified atom stereocenters. The van der Waals surface area contributed by atoms with Crippen molar-refractivity contribution in [2.45, 2.75) is 19.4 Å². The third-order valence-electron chi connectivity index (χ3n) is 3.66. The number of nitrogens with zero attached hydrogens (tertiary/aromatic N) is 5. The molecule has 0 saturated carbocycles. The number of rotatable bonds is 4. The summed E-state index contributed by atoms with van der Waals surface area (Å²) in [6.07, 6.45) is 1.63. The number of carbonyl (C=O) groups excluding carboxylic acids is 1. The number of hydrogen-bond donors (Lipinski definition) is 0. The molecule has 24 heavy (non-hydrogen) atoms. The van der Waals surface area contributed by atoms with Crippen LogP contribution in [0, 0.1) is 5.82 Å². The summed E-state index contributed by atoms with van der Waals surface area (Å²) in [5.41, 5.74) is 0.265. The molecule has 9 heteroatoms. The molecule has 0 fully saturated rings. The Labute approximate surface area is 135 Å². The van der Waals surface area contributed by atoms with Crippen LogP contribution in [-0.2, 0) is 9.53 Å². The maximum atomic E-state index is 13.0. The summed E-state index contributed by atoms with van der Waals surface area (Å²) in [6.45, 7) is 1.76. The van der Waals surface area contributed by atoms with E-state index in [1.807, 2.05) is 0 Å². The lowest BCUT2D eigenvalue weighted by molar-refractivity contribution is -0.144. The van der Waals surface area contributed by atoms with Crippen molar-refractivity contribution in [1.82, 2.24) is 24.5 Å². The van der Waals surface area contributed by atoms with Gasteiger partial charge in [0.1, 0.15) is 18.2 Å². The first-order valence-electron chi connectivity index (χ1n) is 7.23. The summed E-state index contributed by atoms with van der Waals surface area (Å²) < 4.78 is 20.3. The maximum absolute atomic E-state index is 13.0. The molecular formula is C15H14FN5O3. The second-order valence-electron chi connectivity index (χ2n) is 5.05. The number of carbonyl (C=O) groups is 1. The van der Waals surface area contributed by atoms with Gasteiger partial charge in [-0.25, -0.2) is 14.2 Å². The minimum Gasteiger partial charge on any atom is -0.467 e. The van der Waals surface area contributed by atoms with E-state index in [0.29, 0.717) is 12.1 Å². The van der Waals surface area contributed by atoms with Gasteiger partial charge in [0.15, 0.2) is 11.2 Å². The SMILES string of the molecule is CC[C@@H](C(=O)OC)n1cnc2c(nnn2-c2ccc(F)cc2)c1=O. The van der Waals surface area contributed by atoms with Crippen molar-refractivity contribution in [2.75, 3.05) is 7.11 Å². The Kier molecular flexibility index (Phi) is 4.07. The van der Waals surface area contributed by atoms with Crippen molar-refractivity contribution in [3.8, 4) is 5.69 Å². The Balaban J connectivity index is 2.13. The third-order valence-corrected chi connectivity index (χ3v) is 3.66. The second kappa shape index (κ2) is 6.19. The fraction of sp³-hybridized carbons (Fsp3) is 0.267. The summed E-state index contributed by atoms with van der Waals surface area (Å²) in [7, 11) is 1.26. The standard InChI is InChI=1S/C15H14FN5O3/c1-3-11(15(23)24-2)20-8-17-13-12(14(20)22)18-19-21(13)10-6-4-9(16)5-7-10/h4-8,11H,3H2,1-2H3/t11-/m0/s1. The largest absolute Gasteiger partial charge is 0.467 e. The van der Waals surface area contributed by atoms with Crippen LogP contribution in [0.25, 0.3) is 16.9 Å². The predicted molar refractivity (Wildman–Crippen MR) is 82.2 cm³/mol. The Bertz CT molecular complexity index is 948. The third kappa shape index (κ3) is 2.53. The van der Waals surface area contributed by atoms with Crippen LogP contribution < -0.4 is 5.56 Å². The molecule has 0 bridgehead atoms. The van der Waals surface area contributed by atoms with E-state index in [-0.39, 0.29) is 17.0 Å². The molecule has 0 spiro atoms. The Morgan fingerprint density at radius 2 is 2.04 bits per heavy atom. The highest BCUT2D eigenvalue weighted by atomic mass is 19.1. The van der Waals surface area contributed by atoms with Gasteiger partial charge in [-0.1, -0.05) is 12.1 Å². The zero-order valence-corrected chi connectivity index (χ0v) is 13.0. The quantitative estimate of drug-likeness (QED) is 0.668. The van der Waals surface area contributed by atoms with Crippen molar-refractivity contribution in [3.63, 3.8) is 0 Å². The predicted octanol–water partition coefficient (Wildman–Crippen LogP) is 1.24. The Morgan fingerprint density at radius 1 is 1.33 bits per heavy atom. The molecule has 0 N–H and O–H groups in total. The number of methoxy groups -OCH3 is 1. The molecule has 8 nitrogen and oxygen atoms in total. The van der Waals surface area contributed by atoms with Crippen LogP contribution in [0.5, 0.6) is 0 Å². The number of halogens is 1. The molecule has 1 atom stereocenters. The first-order chi connectivity index (χ1) is 11.6. The van der Waals surface area contributed by atoms with Gasteiger partial charge in [-0.3, -0.25) is 9.36 Å². The van der Waals surface area contributed by atoms with Crippen molar-refractivity contribution in [3.05, 3.63) is 46.8 Å². The molecule has 124 valence electrons. The van der Waals surface area contributed by atoms with Gasteiger partial charge < -0.3 is 4.74 Å². The normalized spacial score (nSPS) is 12.3. The first-order valence-corrected chi connectivity index (χ1v) is 7.23. The van der Waals surface area contributed by atoms with E-state index in [1.54, 1.807) is 6.92 Å². The number of fused-ring (bicyclic) bond motifs is 1. The van der Waals surface area contributed by atoms with Gasteiger partial charge in [-0.05, 0) is 30.7 Å². The van der Waals surface area contributed by atoms with Gasteiger partial charge in [-0.15, -0.1) is 5.10 Å². The van der Waals surface area contributed by atoms with E-state index in [4.69, 9.17) is 4.74 Å². The van der Waals surface area contributed by atoms with Gasteiger partial charge >= 0.3 is 5.97 Å². The molecule has 0 aliphatic heterocycles. The first kappa shape index (κ1) is 15.8. The summed E-state index contributed by atoms with van der Waals surface area (Å²) in [6, 6.07) is 4.76. The fourth-order valence-electron chi connectivity index (χ4n) is 2.41. The molecule has 3 rings (SSSR count). The highest BCUT2D eigenvalue weighted by Crippen LogP contribution is 2.15. The molecule has 0 amide bonds. The summed E-state index contributed by atoms with van der Waals surface area (Å²) >= 11 is 0. The molecule has 0 aliphatic carbocycles. The van der Waals surface area contributed by atoms with E-state index in [0.717, 1.165) is 0 Å². The van der Waals surface area contributed by atoms with Gasteiger partial charge in [0.2, 0.25) is 0 Å². The zero-order chi connectivity index (χ0) is 17.3. The van der Waals surface area contributed by atoms with Crippen LogP contribution in [0.2, 0.25) is 0 Å². The molecular weight excluding hydrogens is 317 g/mol. The van der Waals surface area contributed by atoms with E-state index in [9.17, 15) is 14.0 Å². The summed E-state index contributed by atoms with van der Waals surface area (Å²) in [4.78, 5) is 28.6. The summed E-state index contributed by atoms with van der Waals surface area (Å²) in [5, 5.41) is 7.75. The van der Waals surface area contributed by atoms with E-state index in [1.165, 1.54) is 47.0 Å². The van der Waals surface area contributed by atoms with Crippen LogP contribution in [0.3, 0.4) is 0 Å². The molecule has 1 aromatic carbocycles. The van der Waals surface area contributed by atoms with Crippen molar-refractivity contribution in [2.24, 2.45) is 0 Å². The fourth-order valence-corrected chi connectivity index (χ4v) is 2.41. The van der Waals surface area contributed by atoms with Crippen LogP contribution >= 0.6 is 0 Å². The number of esters is 1. The van der Waals surface area contributed by atoms with Crippen molar-refractivity contribution in [1.29, 1.82) is 0 Å². The Morgan fingerprint density at radius 3 is 2.67 bits per heavy atom. The van der Waals surface area contributed by atoms with Crippen LogP contribution in [-0.4, -0.2) is 37.6 Å². The number of aromatic nitrogens is 5. The Hall–Kier alpha value is -3.10. The highest BCUT2D eigenvalue weighted by Gasteiger charge is 2.23. The lowest BCUT2D eigenvalue weighted by Gasteiger charge is -2.14. The van der Waals surface area contributed by atoms with Crippen LogP contribution in [0.4, 0.5) is 4.39 Å². The topological polar surface area (TPSA) is 91.9 Å². The average molecular weight is 331 g/mol. The van der Waals surface area contributed by atoms with E-state index in [2.05, 4.69) is 15.3 Å². The molecule has 0 aliphatic rings. The van der Waals surface area contributed by atoms with E-state index < -0.39 is 17.6 Å². The monoisotopic (exact) mass is 331 g/mol. The maximum Gasteiger partial charge on any atom is 0.329 e. The zero-order valence-electron chi connectivity index (χ0n) is 13.0. The van der Waals surface area contributed by atoms with Gasteiger partial charge in [0.25, 0.3) is 5.56 Å². The molecule has 0 radical (unpaired) electrons. The smallest absolute Gasteiger partial charge is 0.329 e. The van der Waals surface area contributed by atoms with Crippen molar-refractivity contribution < 1.29 is 13.9 Å². The lowest BCUT2D eigenvalue weighted by atomic mass is 10.2. The van der Waals surface area contributed by atoms with Crippen LogP contribution in [0.1, 0.15) is 19.4 Å².